The topological polar surface area (TPSA) is 56.7 Å². The Morgan fingerprint density at radius 3 is 2.76 bits per heavy atom. The van der Waals surface area contributed by atoms with Crippen molar-refractivity contribution in [2.75, 3.05) is 25.5 Å². The van der Waals surface area contributed by atoms with Crippen LogP contribution in [0.3, 0.4) is 0 Å². The lowest BCUT2D eigenvalue weighted by Crippen LogP contribution is -2.33. The average Bonchev–Trinajstić information content (AvgIpc) is 2.98. The van der Waals surface area contributed by atoms with Crippen molar-refractivity contribution < 1.29 is 18.7 Å². The van der Waals surface area contributed by atoms with Gasteiger partial charge >= 0.3 is 0 Å². The van der Waals surface area contributed by atoms with E-state index in [1.165, 1.54) is 11.1 Å². The highest BCUT2D eigenvalue weighted by Crippen LogP contribution is 2.35. The third kappa shape index (κ3) is 3.46. The van der Waals surface area contributed by atoms with Gasteiger partial charge in [0.1, 0.15) is 17.3 Å². The Morgan fingerprint density at radius 2 is 2.04 bits per heavy atom. The number of halogens is 2. The van der Waals surface area contributed by atoms with Crippen LogP contribution in [0.5, 0.6) is 0 Å². The second kappa shape index (κ2) is 6.76. The molecule has 2 unspecified atom stereocenters. The van der Waals surface area contributed by atoms with Gasteiger partial charge in [0.15, 0.2) is 0 Å². The number of β-amino-alcohol motifs (C(OH)–C–C–N with tert-alkyl or cyclic N) is 1. The Hall–Kier alpha value is -2.54. The lowest BCUT2D eigenvalue weighted by atomic mass is 10.0. The van der Waals surface area contributed by atoms with Gasteiger partial charge in [0.2, 0.25) is 0 Å². The van der Waals surface area contributed by atoms with E-state index in [1.54, 1.807) is 12.1 Å². The monoisotopic (exact) mass is 347 g/mol. The van der Waals surface area contributed by atoms with Gasteiger partial charge in [-0.25, -0.2) is 8.78 Å². The van der Waals surface area contributed by atoms with E-state index in [0.717, 1.165) is 23.9 Å². The molecule has 1 saturated heterocycles. The van der Waals surface area contributed by atoms with Crippen LogP contribution in [0.2, 0.25) is 0 Å². The predicted octanol–water partition coefficient (Wildman–Crippen LogP) is 2.37. The molecule has 0 radical (unpaired) electrons. The van der Waals surface area contributed by atoms with Gasteiger partial charge in [-0.3, -0.25) is 9.78 Å². The molecule has 3 rings (SSSR count). The number of amides is 1. The van der Waals surface area contributed by atoms with E-state index in [0.29, 0.717) is 0 Å². The Bertz CT molecular complexity index is 798. The normalized spacial score (nSPS) is 20.0. The third-order valence-corrected chi connectivity index (χ3v) is 4.34. The molecular formula is C18H19F2N3O2. The number of likely N-dealkylation sites (tertiary alicyclic amines) is 1. The number of aliphatic hydroxyl groups is 1. The second-order valence-corrected chi connectivity index (χ2v) is 6.32. The number of nitrogens with zero attached hydrogens (tertiary/aromatic N) is 3. The number of pyridine rings is 1. The lowest BCUT2D eigenvalue weighted by Gasteiger charge is -2.25. The van der Waals surface area contributed by atoms with Crippen molar-refractivity contribution in [3.8, 4) is 0 Å². The molecule has 5 nitrogen and oxygen atoms in total. The van der Waals surface area contributed by atoms with Gasteiger partial charge in [0.25, 0.3) is 5.91 Å². The van der Waals surface area contributed by atoms with Crippen LogP contribution in [0.15, 0.2) is 36.5 Å². The Kier molecular flexibility index (Phi) is 4.67. The quantitative estimate of drug-likeness (QED) is 0.926. The zero-order chi connectivity index (χ0) is 18.1. The van der Waals surface area contributed by atoms with Crippen LogP contribution in [-0.2, 0) is 0 Å². The van der Waals surface area contributed by atoms with E-state index in [1.807, 2.05) is 19.0 Å². The summed E-state index contributed by atoms with van der Waals surface area (Å²) < 4.78 is 27.7. The zero-order valence-electron chi connectivity index (χ0n) is 14.0. The first-order chi connectivity index (χ1) is 11.9. The maximum absolute atomic E-state index is 14.1. The van der Waals surface area contributed by atoms with Crippen molar-refractivity contribution in [1.29, 1.82) is 0 Å². The van der Waals surface area contributed by atoms with E-state index in [-0.39, 0.29) is 24.2 Å². The molecule has 2 atom stereocenters. The third-order valence-electron chi connectivity index (χ3n) is 4.34. The van der Waals surface area contributed by atoms with Crippen LogP contribution in [0.25, 0.3) is 0 Å². The summed E-state index contributed by atoms with van der Waals surface area (Å²) in [5.41, 5.74) is 1.06. The molecule has 25 heavy (non-hydrogen) atoms. The summed E-state index contributed by atoms with van der Waals surface area (Å²) >= 11 is 0. The van der Waals surface area contributed by atoms with E-state index >= 15 is 0 Å². The Labute approximate surface area is 144 Å². The number of hydrogen-bond donors (Lipinski definition) is 1. The van der Waals surface area contributed by atoms with Gasteiger partial charge < -0.3 is 14.9 Å². The highest BCUT2D eigenvalue weighted by molar-refractivity contribution is 5.93. The van der Waals surface area contributed by atoms with Crippen LogP contribution in [0.1, 0.15) is 28.5 Å². The molecule has 1 fully saturated rings. The molecule has 1 N–H and O–H groups in total. The number of aliphatic hydroxyl groups excluding tert-OH is 1. The minimum Gasteiger partial charge on any atom is -0.391 e. The highest BCUT2D eigenvalue weighted by Gasteiger charge is 2.37. The first kappa shape index (κ1) is 17.3. The zero-order valence-corrected chi connectivity index (χ0v) is 14.0. The SMILES string of the molecule is CN(C)c1ccnc(C(=O)N2CC(O)CC2c2cc(F)ccc2F)c1. The van der Waals surface area contributed by atoms with E-state index in [2.05, 4.69) is 4.98 Å². The van der Waals surface area contributed by atoms with Gasteiger partial charge in [-0.05, 0) is 36.8 Å². The maximum Gasteiger partial charge on any atom is 0.273 e. The number of anilines is 1. The Balaban J connectivity index is 1.95. The Morgan fingerprint density at radius 1 is 1.28 bits per heavy atom. The fourth-order valence-electron chi connectivity index (χ4n) is 3.06. The summed E-state index contributed by atoms with van der Waals surface area (Å²) in [6.45, 7) is 0.0489. The van der Waals surface area contributed by atoms with Gasteiger partial charge in [-0.1, -0.05) is 0 Å². The van der Waals surface area contributed by atoms with Gasteiger partial charge in [0, 0.05) is 38.1 Å². The first-order valence-corrected chi connectivity index (χ1v) is 7.94. The van der Waals surface area contributed by atoms with Crippen LogP contribution >= 0.6 is 0 Å². The summed E-state index contributed by atoms with van der Waals surface area (Å²) in [5, 5.41) is 9.99. The molecule has 1 aliphatic heterocycles. The minimum absolute atomic E-state index is 0.0489. The molecule has 7 heteroatoms. The highest BCUT2D eigenvalue weighted by atomic mass is 19.1. The van der Waals surface area contributed by atoms with Crippen LogP contribution < -0.4 is 4.90 Å². The molecule has 0 spiro atoms. The van der Waals surface area contributed by atoms with Crippen LogP contribution in [0.4, 0.5) is 14.5 Å². The van der Waals surface area contributed by atoms with E-state index in [4.69, 9.17) is 0 Å². The predicted molar refractivity (Wildman–Crippen MR) is 89.3 cm³/mol. The lowest BCUT2D eigenvalue weighted by molar-refractivity contribution is 0.0708. The van der Waals surface area contributed by atoms with Crippen LogP contribution in [-0.4, -0.2) is 47.6 Å². The molecule has 132 valence electrons. The number of aromatic nitrogens is 1. The van der Waals surface area contributed by atoms with Crippen molar-refractivity contribution in [2.45, 2.75) is 18.6 Å². The van der Waals surface area contributed by atoms with Crippen molar-refractivity contribution >= 4 is 11.6 Å². The van der Waals surface area contributed by atoms with Crippen molar-refractivity contribution in [3.63, 3.8) is 0 Å². The van der Waals surface area contributed by atoms with Crippen molar-refractivity contribution in [3.05, 3.63) is 59.4 Å². The molecular weight excluding hydrogens is 328 g/mol. The molecule has 1 aliphatic rings. The molecule has 0 saturated carbocycles. The smallest absolute Gasteiger partial charge is 0.273 e. The number of carbonyl (C=O) groups is 1. The number of rotatable bonds is 3. The summed E-state index contributed by atoms with van der Waals surface area (Å²) in [7, 11) is 3.68. The second-order valence-electron chi connectivity index (χ2n) is 6.32. The summed E-state index contributed by atoms with van der Waals surface area (Å²) in [5.74, 6) is -1.61. The minimum atomic E-state index is -0.798. The summed E-state index contributed by atoms with van der Waals surface area (Å²) in [6, 6.07) is 5.79. The number of benzene rings is 1. The largest absolute Gasteiger partial charge is 0.391 e. The standard InChI is InChI=1S/C18H19F2N3O2/c1-22(2)12-5-6-21-16(8-12)18(25)23-10-13(24)9-17(23)14-7-11(19)3-4-15(14)20/h3-8,13,17,24H,9-10H2,1-2H3. The first-order valence-electron chi connectivity index (χ1n) is 7.94. The maximum atomic E-state index is 14.1. The van der Waals surface area contributed by atoms with Crippen LogP contribution in [0, 0.1) is 11.6 Å². The van der Waals surface area contributed by atoms with E-state index < -0.39 is 29.7 Å². The number of hydrogen-bond acceptors (Lipinski definition) is 4. The fourth-order valence-corrected chi connectivity index (χ4v) is 3.06. The fraction of sp³-hybridized carbons (Fsp3) is 0.333. The molecule has 0 aliphatic carbocycles. The molecule has 1 amide bonds. The van der Waals surface area contributed by atoms with E-state index in [9.17, 15) is 18.7 Å². The van der Waals surface area contributed by atoms with Gasteiger partial charge in [0.05, 0.1) is 12.1 Å². The molecule has 2 aromatic rings. The number of carbonyl (C=O) groups excluding carboxylic acids is 1. The summed E-state index contributed by atoms with van der Waals surface area (Å²) in [6.07, 6.45) is 0.875. The van der Waals surface area contributed by atoms with Crippen molar-refractivity contribution in [1.82, 2.24) is 9.88 Å². The van der Waals surface area contributed by atoms with Gasteiger partial charge in [-0.2, -0.15) is 0 Å². The molecule has 1 aromatic heterocycles. The molecule has 2 heterocycles. The molecule has 0 bridgehead atoms. The molecule has 1 aromatic carbocycles. The van der Waals surface area contributed by atoms with Crippen molar-refractivity contribution in [2.24, 2.45) is 0 Å². The summed E-state index contributed by atoms with van der Waals surface area (Å²) in [4.78, 5) is 20.1. The van der Waals surface area contributed by atoms with Gasteiger partial charge in [-0.15, -0.1) is 0 Å². The average molecular weight is 347 g/mol.